The average Bonchev–Trinajstić information content (AvgIpc) is 3.52. The maximum atomic E-state index is 14.4. The van der Waals surface area contributed by atoms with Crippen LogP contribution in [-0.2, 0) is 13.0 Å². The summed E-state index contributed by atoms with van der Waals surface area (Å²) < 4.78 is 20.8. The standard InChI is InChI=1S/C30H38ClFN6O/c31-24-3-1-4-26(27(24)19-5-6-19)36-12-9-23-25(17-36)34-29(35-28(23)37-15-21-7-8-22(16-37)33-21)39-18-30-10-2-11-38(30)14-20(32)13-30/h1,3-4,19-22,33H,2,5-18H2/t20?,21-,22+,30?. The molecular formula is C30H38ClFN6O. The molecule has 2 aromatic rings. The second-order valence-electron chi connectivity index (χ2n) is 12.8. The summed E-state index contributed by atoms with van der Waals surface area (Å²) in [5, 5.41) is 4.64. The van der Waals surface area contributed by atoms with Gasteiger partial charge in [0.2, 0.25) is 0 Å². The highest BCUT2D eigenvalue weighted by Gasteiger charge is 2.49. The molecule has 5 fully saturated rings. The lowest BCUT2D eigenvalue weighted by Gasteiger charge is -2.38. The van der Waals surface area contributed by atoms with Crippen molar-refractivity contribution in [3.05, 3.63) is 40.0 Å². The van der Waals surface area contributed by atoms with Crippen LogP contribution in [0.25, 0.3) is 0 Å². The van der Waals surface area contributed by atoms with Crippen molar-refractivity contribution in [2.24, 2.45) is 0 Å². The zero-order chi connectivity index (χ0) is 26.1. The van der Waals surface area contributed by atoms with Crippen molar-refractivity contribution in [1.29, 1.82) is 0 Å². The van der Waals surface area contributed by atoms with Crippen molar-refractivity contribution < 1.29 is 9.13 Å². The average molecular weight is 553 g/mol. The molecule has 7 nitrogen and oxygen atoms in total. The van der Waals surface area contributed by atoms with Crippen LogP contribution in [0, 0.1) is 0 Å². The van der Waals surface area contributed by atoms with E-state index < -0.39 is 6.17 Å². The molecule has 208 valence electrons. The Morgan fingerprint density at radius 3 is 2.72 bits per heavy atom. The number of fused-ring (bicyclic) bond motifs is 4. The van der Waals surface area contributed by atoms with Gasteiger partial charge in [-0.15, -0.1) is 0 Å². The Labute approximate surface area is 235 Å². The molecular weight excluding hydrogens is 515 g/mol. The summed E-state index contributed by atoms with van der Waals surface area (Å²) >= 11 is 6.71. The lowest BCUT2D eigenvalue weighted by atomic mass is 9.95. The first-order chi connectivity index (χ1) is 19.0. The van der Waals surface area contributed by atoms with Gasteiger partial charge in [0, 0.05) is 61.0 Å². The highest BCUT2D eigenvalue weighted by Crippen LogP contribution is 2.48. The van der Waals surface area contributed by atoms with Gasteiger partial charge < -0.3 is 19.9 Å². The number of alkyl halides is 1. The van der Waals surface area contributed by atoms with Crippen LogP contribution in [0.2, 0.25) is 5.02 Å². The van der Waals surface area contributed by atoms with Crippen molar-refractivity contribution in [3.8, 4) is 6.01 Å². The Hall–Kier alpha value is -2.16. The van der Waals surface area contributed by atoms with E-state index in [1.165, 1.54) is 42.5 Å². The van der Waals surface area contributed by atoms with Gasteiger partial charge in [-0.1, -0.05) is 17.7 Å². The SMILES string of the molecule is FC1CN2CCCC2(COc2nc3c(c(N4C[C@H]5CC[C@@H](C4)N5)n2)CCN(c2cccc(Cl)c2C2CC2)C3)C1. The first kappa shape index (κ1) is 24.6. The molecule has 0 amide bonds. The fourth-order valence-corrected chi connectivity index (χ4v) is 8.44. The number of ether oxygens (including phenoxy) is 1. The zero-order valence-electron chi connectivity index (χ0n) is 22.5. The molecule has 5 aliphatic heterocycles. The third kappa shape index (κ3) is 4.38. The van der Waals surface area contributed by atoms with E-state index in [0.717, 1.165) is 68.5 Å². The molecule has 1 aromatic heterocycles. The third-order valence-corrected chi connectivity index (χ3v) is 10.5. The molecule has 1 saturated carbocycles. The van der Waals surface area contributed by atoms with Gasteiger partial charge in [0.1, 0.15) is 18.6 Å². The van der Waals surface area contributed by atoms with E-state index in [9.17, 15) is 4.39 Å². The first-order valence-electron chi connectivity index (χ1n) is 15.0. The van der Waals surface area contributed by atoms with Gasteiger partial charge in [-0.25, -0.2) is 4.39 Å². The van der Waals surface area contributed by atoms with Gasteiger partial charge in [-0.2, -0.15) is 9.97 Å². The molecule has 39 heavy (non-hydrogen) atoms. The highest BCUT2D eigenvalue weighted by molar-refractivity contribution is 6.31. The Morgan fingerprint density at radius 2 is 1.90 bits per heavy atom. The molecule has 9 heteroatoms. The number of anilines is 2. The summed E-state index contributed by atoms with van der Waals surface area (Å²) in [5.41, 5.74) is 4.66. The number of aromatic nitrogens is 2. The van der Waals surface area contributed by atoms with Crippen molar-refractivity contribution in [2.45, 2.75) is 87.6 Å². The number of nitrogens with zero attached hydrogens (tertiary/aromatic N) is 5. The summed E-state index contributed by atoms with van der Waals surface area (Å²) in [6.45, 7) is 5.56. The van der Waals surface area contributed by atoms with Gasteiger partial charge in [-0.05, 0) is 75.1 Å². The Balaban J connectivity index is 1.12. The van der Waals surface area contributed by atoms with Crippen LogP contribution in [0.15, 0.2) is 18.2 Å². The Morgan fingerprint density at radius 1 is 1.05 bits per heavy atom. The van der Waals surface area contributed by atoms with Crippen molar-refractivity contribution in [1.82, 2.24) is 20.2 Å². The first-order valence-corrected chi connectivity index (χ1v) is 15.4. The van der Waals surface area contributed by atoms with Crippen LogP contribution in [-0.4, -0.2) is 78.0 Å². The van der Waals surface area contributed by atoms with Gasteiger partial charge >= 0.3 is 6.01 Å². The van der Waals surface area contributed by atoms with Gasteiger partial charge in [0.05, 0.1) is 17.8 Å². The molecule has 1 aliphatic carbocycles. The van der Waals surface area contributed by atoms with E-state index >= 15 is 0 Å². The monoisotopic (exact) mass is 552 g/mol. The molecule has 6 heterocycles. The fourth-order valence-electron chi connectivity index (χ4n) is 8.12. The third-order valence-electron chi connectivity index (χ3n) is 10.1. The molecule has 1 aromatic carbocycles. The van der Waals surface area contributed by atoms with E-state index in [4.69, 9.17) is 26.3 Å². The van der Waals surface area contributed by atoms with Crippen LogP contribution < -0.4 is 19.9 Å². The van der Waals surface area contributed by atoms with E-state index in [-0.39, 0.29) is 5.54 Å². The Kier molecular flexibility index (Phi) is 5.97. The topological polar surface area (TPSA) is 56.8 Å². The summed E-state index contributed by atoms with van der Waals surface area (Å²) in [7, 11) is 0. The maximum Gasteiger partial charge on any atom is 0.318 e. The fraction of sp³-hybridized carbons (Fsp3) is 0.667. The van der Waals surface area contributed by atoms with Crippen LogP contribution >= 0.6 is 11.6 Å². The summed E-state index contributed by atoms with van der Waals surface area (Å²) in [6, 6.07) is 7.82. The smallest absolute Gasteiger partial charge is 0.318 e. The lowest BCUT2D eigenvalue weighted by molar-refractivity contribution is 0.107. The molecule has 8 rings (SSSR count). The molecule has 2 bridgehead atoms. The van der Waals surface area contributed by atoms with Crippen LogP contribution in [0.4, 0.5) is 15.9 Å². The molecule has 6 aliphatic rings. The van der Waals surface area contributed by atoms with E-state index in [2.05, 4.69) is 32.1 Å². The predicted molar refractivity (Wildman–Crippen MR) is 151 cm³/mol. The number of benzene rings is 1. The highest BCUT2D eigenvalue weighted by atomic mass is 35.5. The van der Waals surface area contributed by atoms with Gasteiger partial charge in [0.25, 0.3) is 0 Å². The summed E-state index contributed by atoms with van der Waals surface area (Å²) in [5.74, 6) is 1.63. The number of halogens is 2. The molecule has 1 N–H and O–H groups in total. The molecule has 4 saturated heterocycles. The number of piperazine rings is 1. The van der Waals surface area contributed by atoms with Crippen LogP contribution in [0.3, 0.4) is 0 Å². The van der Waals surface area contributed by atoms with Gasteiger partial charge in [-0.3, -0.25) is 4.90 Å². The van der Waals surface area contributed by atoms with Crippen molar-refractivity contribution in [3.63, 3.8) is 0 Å². The van der Waals surface area contributed by atoms with E-state index in [1.807, 2.05) is 6.07 Å². The van der Waals surface area contributed by atoms with Crippen molar-refractivity contribution >= 4 is 23.1 Å². The minimum Gasteiger partial charge on any atom is -0.461 e. The number of hydrogen-bond donors (Lipinski definition) is 1. The summed E-state index contributed by atoms with van der Waals surface area (Å²) in [6.07, 6.45) is 7.68. The van der Waals surface area contributed by atoms with Crippen LogP contribution in [0.5, 0.6) is 6.01 Å². The van der Waals surface area contributed by atoms with Crippen LogP contribution in [0.1, 0.15) is 67.7 Å². The second-order valence-corrected chi connectivity index (χ2v) is 13.2. The lowest BCUT2D eigenvalue weighted by Crippen LogP contribution is -2.52. The number of nitrogens with one attached hydrogen (secondary N) is 1. The zero-order valence-corrected chi connectivity index (χ0v) is 23.3. The normalized spacial score (nSPS) is 32.0. The predicted octanol–water partition coefficient (Wildman–Crippen LogP) is 4.47. The summed E-state index contributed by atoms with van der Waals surface area (Å²) in [4.78, 5) is 17.3. The van der Waals surface area contributed by atoms with Gasteiger partial charge in [0.15, 0.2) is 0 Å². The minimum atomic E-state index is -0.767. The maximum absolute atomic E-state index is 14.4. The van der Waals surface area contributed by atoms with Crippen molar-refractivity contribution in [2.75, 3.05) is 49.1 Å². The molecule has 0 radical (unpaired) electrons. The largest absolute Gasteiger partial charge is 0.461 e. The van der Waals surface area contributed by atoms with E-state index in [1.54, 1.807) is 0 Å². The molecule has 2 unspecified atom stereocenters. The molecule has 0 spiro atoms. The van der Waals surface area contributed by atoms with E-state index in [0.29, 0.717) is 43.6 Å². The molecule has 4 atom stereocenters. The quantitative estimate of drug-likeness (QED) is 0.567. The second kappa shape index (κ2) is 9.45. The Bertz CT molecular complexity index is 1260. The number of rotatable bonds is 6. The number of hydrogen-bond acceptors (Lipinski definition) is 7. The minimum absolute atomic E-state index is 0.209.